The predicted molar refractivity (Wildman–Crippen MR) is 137 cm³/mol. The van der Waals surface area contributed by atoms with Crippen LogP contribution in [0, 0.1) is 5.41 Å². The van der Waals surface area contributed by atoms with Crippen molar-refractivity contribution >= 4 is 38.5 Å². The summed E-state index contributed by atoms with van der Waals surface area (Å²) in [5, 5.41) is 0. The summed E-state index contributed by atoms with van der Waals surface area (Å²) in [7, 11) is -1.40. The molecule has 2 heterocycles. The Kier molecular flexibility index (Phi) is 5.38. The fraction of sp³-hybridized carbons (Fsp3) is 0.519. The van der Waals surface area contributed by atoms with Crippen molar-refractivity contribution in [3.05, 3.63) is 58.1 Å². The van der Waals surface area contributed by atoms with Crippen molar-refractivity contribution in [3.8, 4) is 0 Å². The zero-order valence-electron chi connectivity index (χ0n) is 19.7. The highest BCUT2D eigenvalue weighted by Gasteiger charge is 2.53. The number of fused-ring (bicyclic) bond motifs is 2. The van der Waals surface area contributed by atoms with E-state index in [0.717, 1.165) is 29.5 Å². The summed E-state index contributed by atoms with van der Waals surface area (Å²) in [5.74, 6) is -0.0155. The Morgan fingerprint density at radius 3 is 2.47 bits per heavy atom. The van der Waals surface area contributed by atoms with Gasteiger partial charge in [0.2, 0.25) is 0 Å². The van der Waals surface area contributed by atoms with Gasteiger partial charge in [-0.2, -0.15) is 0 Å². The average Bonchev–Trinajstić information content (AvgIpc) is 3.53. The molecule has 0 bridgehead atoms. The largest absolute Gasteiger partial charge is 0.372 e. The number of halogens is 1. The minimum atomic E-state index is -1.40. The van der Waals surface area contributed by atoms with Gasteiger partial charge < -0.3 is 9.64 Å². The Labute approximate surface area is 212 Å². The maximum absolute atomic E-state index is 13.8. The summed E-state index contributed by atoms with van der Waals surface area (Å²) in [6, 6.07) is 13.6. The molecule has 2 saturated carbocycles. The minimum absolute atomic E-state index is 0.0155. The molecule has 2 aliphatic heterocycles. The van der Waals surface area contributed by atoms with Crippen LogP contribution in [0.25, 0.3) is 0 Å². The summed E-state index contributed by atoms with van der Waals surface area (Å²) in [6.07, 6.45) is 7.57. The smallest absolute Gasteiger partial charge is 0.258 e. The molecule has 1 amide bonds. The summed E-state index contributed by atoms with van der Waals surface area (Å²) in [5.41, 5.74) is 3.22. The van der Waals surface area contributed by atoms with Crippen LogP contribution in [0.3, 0.4) is 0 Å². The highest BCUT2D eigenvalue weighted by atomic mass is 79.9. The van der Waals surface area contributed by atoms with E-state index in [0.29, 0.717) is 22.5 Å². The molecule has 180 valence electrons. The summed E-state index contributed by atoms with van der Waals surface area (Å²) < 4.78 is 22.8. The SMILES string of the molecule is CC1(C)OCC1NS(=O)c1cccc(C(=O)N2CC3(CCC4(CC4)CC3)c3cc(Br)ccc32)c1. The lowest BCUT2D eigenvalue weighted by Gasteiger charge is -2.44. The second-order valence-corrected chi connectivity index (χ2v) is 13.4. The molecule has 5 nitrogen and oxygen atoms in total. The first-order valence-electron chi connectivity index (χ1n) is 12.2. The van der Waals surface area contributed by atoms with Gasteiger partial charge >= 0.3 is 0 Å². The van der Waals surface area contributed by atoms with Gasteiger partial charge in [-0.15, -0.1) is 0 Å². The molecule has 3 fully saturated rings. The number of anilines is 1. The van der Waals surface area contributed by atoms with Gasteiger partial charge in [0.15, 0.2) is 0 Å². The molecular formula is C27H31BrN2O3S. The molecule has 2 atom stereocenters. The number of nitrogens with one attached hydrogen (secondary N) is 1. The third-order valence-electron chi connectivity index (χ3n) is 8.76. The second-order valence-electron chi connectivity index (χ2n) is 11.2. The van der Waals surface area contributed by atoms with E-state index in [4.69, 9.17) is 4.74 Å². The van der Waals surface area contributed by atoms with Crippen molar-refractivity contribution in [1.29, 1.82) is 0 Å². The first-order valence-corrected chi connectivity index (χ1v) is 14.2. The van der Waals surface area contributed by atoms with Crippen LogP contribution in [0.5, 0.6) is 0 Å². The molecule has 2 aliphatic carbocycles. The highest BCUT2D eigenvalue weighted by molar-refractivity contribution is 9.10. The standard InChI is InChI=1S/C27H31BrN2O3S/c1-25(2)23(16-33-25)29-34(32)20-5-3-4-18(14-20)24(31)30-17-27(12-10-26(8-9-26)11-13-27)21-15-19(28)6-7-22(21)30/h3-7,14-15,23,29H,8-13,16-17H2,1-2H3. The molecule has 1 N–H and O–H groups in total. The summed E-state index contributed by atoms with van der Waals surface area (Å²) >= 11 is 3.66. The van der Waals surface area contributed by atoms with Crippen LogP contribution in [-0.2, 0) is 21.1 Å². The lowest BCUT2D eigenvalue weighted by molar-refractivity contribution is -0.146. The number of amides is 1. The second kappa shape index (κ2) is 7.99. The number of hydrogen-bond donors (Lipinski definition) is 1. The van der Waals surface area contributed by atoms with Crippen LogP contribution in [0.4, 0.5) is 5.69 Å². The molecule has 4 aliphatic rings. The highest BCUT2D eigenvalue weighted by Crippen LogP contribution is 2.62. The van der Waals surface area contributed by atoms with Crippen LogP contribution in [0.2, 0.25) is 0 Å². The fourth-order valence-electron chi connectivity index (χ4n) is 5.96. The number of hydrogen-bond acceptors (Lipinski definition) is 3. The third-order valence-corrected chi connectivity index (χ3v) is 10.4. The molecule has 2 aromatic carbocycles. The number of nitrogens with zero attached hydrogens (tertiary/aromatic N) is 1. The van der Waals surface area contributed by atoms with Gasteiger partial charge in [0.05, 0.1) is 23.1 Å². The van der Waals surface area contributed by atoms with Gasteiger partial charge in [-0.25, -0.2) is 8.93 Å². The van der Waals surface area contributed by atoms with Crippen LogP contribution >= 0.6 is 15.9 Å². The number of carbonyl (C=O) groups is 1. The maximum atomic E-state index is 13.8. The molecule has 6 rings (SSSR count). The first-order chi connectivity index (χ1) is 16.2. The molecule has 7 heteroatoms. The minimum Gasteiger partial charge on any atom is -0.372 e. The van der Waals surface area contributed by atoms with E-state index in [-0.39, 0.29) is 23.0 Å². The topological polar surface area (TPSA) is 58.6 Å². The first kappa shape index (κ1) is 22.9. The van der Waals surface area contributed by atoms with Crippen LogP contribution in [0.1, 0.15) is 68.3 Å². The van der Waals surface area contributed by atoms with E-state index in [1.54, 1.807) is 6.07 Å². The van der Waals surface area contributed by atoms with Crippen LogP contribution in [0.15, 0.2) is 51.8 Å². The van der Waals surface area contributed by atoms with Gasteiger partial charge in [0, 0.05) is 27.7 Å². The molecule has 2 spiro atoms. The van der Waals surface area contributed by atoms with E-state index in [9.17, 15) is 9.00 Å². The Balaban J connectivity index is 1.26. The van der Waals surface area contributed by atoms with Gasteiger partial charge in [0.1, 0.15) is 11.0 Å². The molecule has 2 aromatic rings. The average molecular weight is 544 g/mol. The van der Waals surface area contributed by atoms with Crippen molar-refractivity contribution in [2.75, 3.05) is 18.1 Å². The third kappa shape index (κ3) is 3.80. The Morgan fingerprint density at radius 1 is 1.09 bits per heavy atom. The van der Waals surface area contributed by atoms with E-state index in [1.807, 2.05) is 43.0 Å². The van der Waals surface area contributed by atoms with E-state index in [1.165, 1.54) is 31.2 Å². The summed E-state index contributed by atoms with van der Waals surface area (Å²) in [4.78, 5) is 16.4. The van der Waals surface area contributed by atoms with E-state index in [2.05, 4.69) is 32.8 Å². The number of benzene rings is 2. The monoisotopic (exact) mass is 542 g/mol. The molecule has 1 saturated heterocycles. The van der Waals surface area contributed by atoms with Gasteiger partial charge in [-0.1, -0.05) is 22.0 Å². The number of ether oxygens (including phenoxy) is 1. The van der Waals surface area contributed by atoms with Crippen molar-refractivity contribution < 1.29 is 13.7 Å². The molecule has 2 unspecified atom stereocenters. The lowest BCUT2D eigenvalue weighted by atomic mass is 9.66. The van der Waals surface area contributed by atoms with Crippen molar-refractivity contribution in [3.63, 3.8) is 0 Å². The van der Waals surface area contributed by atoms with Crippen LogP contribution < -0.4 is 9.62 Å². The van der Waals surface area contributed by atoms with Crippen molar-refractivity contribution in [1.82, 2.24) is 4.72 Å². The predicted octanol–water partition coefficient (Wildman–Crippen LogP) is 5.49. The zero-order chi connectivity index (χ0) is 23.7. The van der Waals surface area contributed by atoms with Crippen LogP contribution in [-0.4, -0.2) is 34.9 Å². The Morgan fingerprint density at radius 2 is 1.82 bits per heavy atom. The van der Waals surface area contributed by atoms with Crippen molar-refractivity contribution in [2.24, 2.45) is 5.41 Å². The fourth-order valence-corrected chi connectivity index (χ4v) is 7.50. The molecular weight excluding hydrogens is 512 g/mol. The molecule has 0 aromatic heterocycles. The normalized spacial score (nSPS) is 26.2. The number of carbonyl (C=O) groups excluding carboxylic acids is 1. The lowest BCUT2D eigenvalue weighted by Crippen LogP contribution is -2.61. The zero-order valence-corrected chi connectivity index (χ0v) is 22.1. The van der Waals surface area contributed by atoms with Gasteiger partial charge in [-0.3, -0.25) is 4.79 Å². The van der Waals surface area contributed by atoms with E-state index >= 15 is 0 Å². The molecule has 0 radical (unpaired) electrons. The van der Waals surface area contributed by atoms with E-state index < -0.39 is 11.0 Å². The maximum Gasteiger partial charge on any atom is 0.258 e. The number of rotatable bonds is 4. The Bertz CT molecular complexity index is 1180. The summed E-state index contributed by atoms with van der Waals surface area (Å²) in [6.45, 7) is 5.25. The quantitative estimate of drug-likeness (QED) is 0.555. The molecule has 34 heavy (non-hydrogen) atoms. The Hall–Kier alpha value is -1.54. The van der Waals surface area contributed by atoms with Gasteiger partial charge in [0.25, 0.3) is 5.91 Å². The van der Waals surface area contributed by atoms with Crippen molar-refractivity contribution in [2.45, 2.75) is 74.3 Å². The van der Waals surface area contributed by atoms with Gasteiger partial charge in [-0.05, 0) is 99.7 Å².